The number of aryl methyl sites for hydroxylation is 1. The number of hydrogen-bond donors (Lipinski definition) is 1. The molecule has 3 nitrogen and oxygen atoms in total. The van der Waals surface area contributed by atoms with Crippen LogP contribution in [0.25, 0.3) is 11.0 Å². The SMILES string of the molecule is Cn1c(CC(O)c2cc(F)ccc2F)nc2ccccc21. The van der Waals surface area contributed by atoms with Gasteiger partial charge in [-0.25, -0.2) is 13.8 Å². The van der Waals surface area contributed by atoms with Gasteiger partial charge in [0.05, 0.1) is 17.1 Å². The normalized spacial score (nSPS) is 12.8. The quantitative estimate of drug-likeness (QED) is 0.804. The maximum absolute atomic E-state index is 13.7. The number of benzene rings is 2. The first-order chi connectivity index (χ1) is 10.1. The van der Waals surface area contributed by atoms with E-state index in [0.29, 0.717) is 5.82 Å². The molecule has 2 aromatic carbocycles. The zero-order valence-corrected chi connectivity index (χ0v) is 11.4. The summed E-state index contributed by atoms with van der Waals surface area (Å²) in [6.07, 6.45) is -1.03. The Balaban J connectivity index is 1.94. The first-order valence-corrected chi connectivity index (χ1v) is 6.59. The van der Waals surface area contributed by atoms with Gasteiger partial charge in [0.15, 0.2) is 0 Å². The van der Waals surface area contributed by atoms with Gasteiger partial charge in [-0.1, -0.05) is 12.1 Å². The molecule has 1 heterocycles. The number of aliphatic hydroxyl groups excluding tert-OH is 1. The lowest BCUT2D eigenvalue weighted by atomic mass is 10.1. The Labute approximate surface area is 120 Å². The number of fused-ring (bicyclic) bond motifs is 1. The van der Waals surface area contributed by atoms with Crippen LogP contribution in [0.1, 0.15) is 17.5 Å². The van der Waals surface area contributed by atoms with E-state index in [-0.39, 0.29) is 12.0 Å². The van der Waals surface area contributed by atoms with E-state index in [4.69, 9.17) is 0 Å². The largest absolute Gasteiger partial charge is 0.388 e. The summed E-state index contributed by atoms with van der Waals surface area (Å²) in [6, 6.07) is 10.6. The predicted octanol–water partition coefficient (Wildman–Crippen LogP) is 3.13. The number of aliphatic hydroxyl groups is 1. The summed E-state index contributed by atoms with van der Waals surface area (Å²) in [4.78, 5) is 4.42. The van der Waals surface area contributed by atoms with E-state index in [2.05, 4.69) is 4.98 Å². The highest BCUT2D eigenvalue weighted by atomic mass is 19.1. The Kier molecular flexibility index (Phi) is 3.43. The number of para-hydroxylation sites is 2. The van der Waals surface area contributed by atoms with Crippen LogP contribution in [0.2, 0.25) is 0 Å². The molecule has 0 aliphatic rings. The van der Waals surface area contributed by atoms with E-state index in [1.165, 1.54) is 0 Å². The van der Waals surface area contributed by atoms with E-state index >= 15 is 0 Å². The fraction of sp³-hybridized carbons (Fsp3) is 0.188. The lowest BCUT2D eigenvalue weighted by molar-refractivity contribution is 0.170. The lowest BCUT2D eigenvalue weighted by Crippen LogP contribution is -2.09. The molecular formula is C16H14F2N2O. The molecule has 1 atom stereocenters. The molecule has 0 radical (unpaired) electrons. The average Bonchev–Trinajstić information content (AvgIpc) is 2.78. The standard InChI is InChI=1S/C16H14F2N2O/c1-20-14-5-3-2-4-13(14)19-16(20)9-15(21)11-8-10(17)6-7-12(11)18/h2-8,15,21H,9H2,1H3. The molecule has 0 fully saturated rings. The summed E-state index contributed by atoms with van der Waals surface area (Å²) < 4.78 is 28.7. The molecule has 0 bridgehead atoms. The van der Waals surface area contributed by atoms with E-state index < -0.39 is 17.7 Å². The molecule has 0 spiro atoms. The molecular weight excluding hydrogens is 274 g/mol. The molecule has 21 heavy (non-hydrogen) atoms. The van der Waals surface area contributed by atoms with Crippen LogP contribution >= 0.6 is 0 Å². The number of aromatic nitrogens is 2. The fourth-order valence-electron chi connectivity index (χ4n) is 2.43. The second kappa shape index (κ2) is 5.26. The van der Waals surface area contributed by atoms with Crippen molar-refractivity contribution in [3.05, 3.63) is 65.5 Å². The summed E-state index contributed by atoms with van der Waals surface area (Å²) in [5, 5.41) is 10.2. The van der Waals surface area contributed by atoms with Crippen LogP contribution in [-0.4, -0.2) is 14.7 Å². The molecule has 0 aliphatic heterocycles. The third-order valence-corrected chi connectivity index (χ3v) is 3.57. The van der Waals surface area contributed by atoms with E-state index in [9.17, 15) is 13.9 Å². The lowest BCUT2D eigenvalue weighted by Gasteiger charge is -2.12. The van der Waals surface area contributed by atoms with Crippen LogP contribution in [-0.2, 0) is 13.5 Å². The summed E-state index contributed by atoms with van der Waals surface area (Å²) in [6.45, 7) is 0. The van der Waals surface area contributed by atoms with Crippen molar-refractivity contribution >= 4 is 11.0 Å². The van der Waals surface area contributed by atoms with Crippen LogP contribution in [0.5, 0.6) is 0 Å². The van der Waals surface area contributed by atoms with Gasteiger partial charge >= 0.3 is 0 Å². The van der Waals surface area contributed by atoms with Crippen molar-refractivity contribution in [2.75, 3.05) is 0 Å². The van der Waals surface area contributed by atoms with Crippen molar-refractivity contribution in [1.82, 2.24) is 9.55 Å². The van der Waals surface area contributed by atoms with Gasteiger partial charge in [-0.3, -0.25) is 0 Å². The second-order valence-electron chi connectivity index (χ2n) is 4.96. The Morgan fingerprint density at radius 1 is 1.19 bits per heavy atom. The Bertz CT molecular complexity index is 798. The molecule has 0 aliphatic carbocycles. The van der Waals surface area contributed by atoms with Gasteiger partial charge in [-0.05, 0) is 30.3 Å². The van der Waals surface area contributed by atoms with Crippen LogP contribution in [0.3, 0.4) is 0 Å². The Morgan fingerprint density at radius 2 is 1.95 bits per heavy atom. The summed E-state index contributed by atoms with van der Waals surface area (Å²) in [5.74, 6) is -0.578. The molecule has 1 N–H and O–H groups in total. The van der Waals surface area contributed by atoms with Crippen molar-refractivity contribution in [3.8, 4) is 0 Å². The molecule has 0 saturated heterocycles. The topological polar surface area (TPSA) is 38.0 Å². The Hall–Kier alpha value is -2.27. The summed E-state index contributed by atoms with van der Waals surface area (Å²) in [7, 11) is 1.83. The van der Waals surface area contributed by atoms with Gasteiger partial charge in [0.1, 0.15) is 17.5 Å². The molecule has 5 heteroatoms. The summed E-state index contributed by atoms with van der Waals surface area (Å²) >= 11 is 0. The monoisotopic (exact) mass is 288 g/mol. The molecule has 1 aromatic heterocycles. The van der Waals surface area contributed by atoms with Crippen LogP contribution in [0.4, 0.5) is 8.78 Å². The Morgan fingerprint density at radius 3 is 2.71 bits per heavy atom. The zero-order valence-electron chi connectivity index (χ0n) is 11.4. The van der Waals surface area contributed by atoms with Gasteiger partial charge in [0, 0.05) is 19.0 Å². The maximum atomic E-state index is 13.7. The van der Waals surface area contributed by atoms with Crippen molar-refractivity contribution in [3.63, 3.8) is 0 Å². The van der Waals surface area contributed by atoms with Crippen LogP contribution in [0, 0.1) is 11.6 Å². The predicted molar refractivity (Wildman–Crippen MR) is 75.7 cm³/mol. The van der Waals surface area contributed by atoms with Gasteiger partial charge in [-0.2, -0.15) is 0 Å². The van der Waals surface area contributed by atoms with E-state index in [0.717, 1.165) is 29.2 Å². The fourth-order valence-corrected chi connectivity index (χ4v) is 2.43. The van der Waals surface area contributed by atoms with Gasteiger partial charge in [-0.15, -0.1) is 0 Å². The van der Waals surface area contributed by atoms with E-state index in [1.54, 1.807) is 0 Å². The number of rotatable bonds is 3. The van der Waals surface area contributed by atoms with Crippen LogP contribution in [0.15, 0.2) is 42.5 Å². The number of hydrogen-bond acceptors (Lipinski definition) is 2. The number of nitrogens with zero attached hydrogens (tertiary/aromatic N) is 2. The van der Waals surface area contributed by atoms with Crippen molar-refractivity contribution in [2.45, 2.75) is 12.5 Å². The van der Waals surface area contributed by atoms with Crippen molar-refractivity contribution in [1.29, 1.82) is 0 Å². The van der Waals surface area contributed by atoms with Gasteiger partial charge in [0.2, 0.25) is 0 Å². The molecule has 0 saturated carbocycles. The first-order valence-electron chi connectivity index (χ1n) is 6.59. The highest BCUT2D eigenvalue weighted by Crippen LogP contribution is 2.23. The molecule has 0 amide bonds. The van der Waals surface area contributed by atoms with E-state index in [1.807, 2.05) is 35.9 Å². The van der Waals surface area contributed by atoms with Crippen LogP contribution < -0.4 is 0 Å². The second-order valence-corrected chi connectivity index (χ2v) is 4.96. The minimum Gasteiger partial charge on any atom is -0.388 e. The number of halogens is 2. The third kappa shape index (κ3) is 2.52. The third-order valence-electron chi connectivity index (χ3n) is 3.57. The molecule has 108 valence electrons. The van der Waals surface area contributed by atoms with Gasteiger partial charge < -0.3 is 9.67 Å². The molecule has 3 aromatic rings. The average molecular weight is 288 g/mol. The van der Waals surface area contributed by atoms with Crippen molar-refractivity contribution in [2.24, 2.45) is 7.05 Å². The minimum atomic E-state index is -1.14. The van der Waals surface area contributed by atoms with Gasteiger partial charge in [0.25, 0.3) is 0 Å². The smallest absolute Gasteiger partial charge is 0.129 e. The molecule has 3 rings (SSSR count). The van der Waals surface area contributed by atoms with Crippen molar-refractivity contribution < 1.29 is 13.9 Å². The summed E-state index contributed by atoms with van der Waals surface area (Å²) in [5.41, 5.74) is 1.68. The number of imidazole rings is 1. The highest BCUT2D eigenvalue weighted by molar-refractivity contribution is 5.75. The highest BCUT2D eigenvalue weighted by Gasteiger charge is 2.17. The zero-order chi connectivity index (χ0) is 15.0. The minimum absolute atomic E-state index is 0.0537. The maximum Gasteiger partial charge on any atom is 0.129 e. The molecule has 1 unspecified atom stereocenters. The first kappa shape index (κ1) is 13.7.